The molecular formula is C14H22N4. The van der Waals surface area contributed by atoms with Crippen LogP contribution in [0.3, 0.4) is 0 Å². The fraction of sp³-hybridized carbons (Fsp3) is 0.714. The Kier molecular flexibility index (Phi) is 3.20. The molecule has 1 N–H and O–H groups in total. The Balaban J connectivity index is 1.87. The Bertz CT molecular complexity index is 432. The maximum absolute atomic E-state index is 4.70. The van der Waals surface area contributed by atoms with Crippen molar-refractivity contribution >= 4 is 5.82 Å². The Labute approximate surface area is 109 Å². The summed E-state index contributed by atoms with van der Waals surface area (Å²) < 4.78 is 0. The van der Waals surface area contributed by atoms with Crippen LogP contribution >= 0.6 is 0 Å². The van der Waals surface area contributed by atoms with E-state index in [9.17, 15) is 0 Å². The van der Waals surface area contributed by atoms with E-state index in [-0.39, 0.29) is 0 Å². The molecular weight excluding hydrogens is 224 g/mol. The van der Waals surface area contributed by atoms with Crippen molar-refractivity contribution in [1.29, 1.82) is 0 Å². The van der Waals surface area contributed by atoms with Gasteiger partial charge in [-0.05, 0) is 38.6 Å². The van der Waals surface area contributed by atoms with Gasteiger partial charge in [0.2, 0.25) is 0 Å². The molecule has 0 spiro atoms. The molecule has 1 aromatic heterocycles. The van der Waals surface area contributed by atoms with E-state index in [4.69, 9.17) is 4.98 Å². The molecule has 2 heterocycles. The summed E-state index contributed by atoms with van der Waals surface area (Å²) in [6, 6.07) is 0.727. The van der Waals surface area contributed by atoms with Crippen LogP contribution < -0.4 is 10.2 Å². The molecule has 98 valence electrons. The smallest absolute Gasteiger partial charge is 0.137 e. The van der Waals surface area contributed by atoms with Gasteiger partial charge in [-0.15, -0.1) is 0 Å². The van der Waals surface area contributed by atoms with Crippen LogP contribution in [0.1, 0.15) is 37.6 Å². The fourth-order valence-corrected chi connectivity index (χ4v) is 3.30. The monoisotopic (exact) mass is 246 g/mol. The van der Waals surface area contributed by atoms with E-state index in [2.05, 4.69) is 22.1 Å². The highest BCUT2D eigenvalue weighted by molar-refractivity contribution is 5.49. The van der Waals surface area contributed by atoms with E-state index in [0.29, 0.717) is 0 Å². The molecule has 0 aromatic carbocycles. The summed E-state index contributed by atoms with van der Waals surface area (Å²) in [6.07, 6.45) is 6.11. The molecule has 4 nitrogen and oxygen atoms in total. The molecule has 4 heteroatoms. The quantitative estimate of drug-likeness (QED) is 0.880. The van der Waals surface area contributed by atoms with Gasteiger partial charge in [-0.25, -0.2) is 9.97 Å². The number of nitrogens with one attached hydrogen (secondary N) is 1. The maximum atomic E-state index is 4.70. The maximum Gasteiger partial charge on any atom is 0.137 e. The van der Waals surface area contributed by atoms with Gasteiger partial charge in [0.05, 0.1) is 0 Å². The van der Waals surface area contributed by atoms with Gasteiger partial charge in [0.1, 0.15) is 11.6 Å². The zero-order valence-electron chi connectivity index (χ0n) is 11.3. The molecule has 1 aliphatic carbocycles. The topological polar surface area (TPSA) is 41.1 Å². The first-order chi connectivity index (χ1) is 8.78. The van der Waals surface area contributed by atoms with Gasteiger partial charge in [0.25, 0.3) is 0 Å². The van der Waals surface area contributed by atoms with Gasteiger partial charge in [0.15, 0.2) is 0 Å². The second kappa shape index (κ2) is 4.84. The molecule has 1 aromatic rings. The van der Waals surface area contributed by atoms with Crippen LogP contribution in [0.4, 0.5) is 5.82 Å². The minimum Gasteiger partial charge on any atom is -0.353 e. The van der Waals surface area contributed by atoms with Crippen LogP contribution in [0.5, 0.6) is 0 Å². The van der Waals surface area contributed by atoms with Gasteiger partial charge in [-0.3, -0.25) is 0 Å². The largest absolute Gasteiger partial charge is 0.353 e. The molecule has 2 atom stereocenters. The van der Waals surface area contributed by atoms with E-state index < -0.39 is 0 Å². The van der Waals surface area contributed by atoms with Gasteiger partial charge in [-0.1, -0.05) is 6.92 Å². The first kappa shape index (κ1) is 11.9. The van der Waals surface area contributed by atoms with Crippen LogP contribution in [0.15, 0.2) is 6.20 Å². The van der Waals surface area contributed by atoms with Crippen molar-refractivity contribution < 1.29 is 0 Å². The van der Waals surface area contributed by atoms with Crippen molar-refractivity contribution in [2.24, 2.45) is 5.92 Å². The lowest BCUT2D eigenvalue weighted by molar-refractivity contribution is 0.547. The number of piperidine rings is 1. The second-order valence-corrected chi connectivity index (χ2v) is 5.53. The summed E-state index contributed by atoms with van der Waals surface area (Å²) in [6.45, 7) is 7.17. The Hall–Kier alpha value is -1.16. The lowest BCUT2D eigenvalue weighted by Gasteiger charge is -2.29. The van der Waals surface area contributed by atoms with Crippen molar-refractivity contribution in [2.75, 3.05) is 18.0 Å². The highest BCUT2D eigenvalue weighted by Crippen LogP contribution is 2.40. The van der Waals surface area contributed by atoms with Crippen LogP contribution in [-0.2, 0) is 6.54 Å². The molecule has 2 fully saturated rings. The Morgan fingerprint density at radius 1 is 1.44 bits per heavy atom. The number of rotatable bonds is 4. The van der Waals surface area contributed by atoms with Crippen molar-refractivity contribution in [2.45, 2.75) is 45.7 Å². The van der Waals surface area contributed by atoms with Gasteiger partial charge in [0, 0.05) is 30.9 Å². The number of aryl methyl sites for hydroxylation is 1. The highest BCUT2D eigenvalue weighted by atomic mass is 15.3. The van der Waals surface area contributed by atoms with Gasteiger partial charge in [-0.2, -0.15) is 0 Å². The first-order valence-electron chi connectivity index (χ1n) is 7.07. The molecule has 0 radical (unpaired) electrons. The van der Waals surface area contributed by atoms with Crippen molar-refractivity contribution in [3.05, 3.63) is 17.6 Å². The van der Waals surface area contributed by atoms with Gasteiger partial charge >= 0.3 is 0 Å². The summed E-state index contributed by atoms with van der Waals surface area (Å²) in [7, 11) is 0. The summed E-state index contributed by atoms with van der Waals surface area (Å²) in [5.74, 6) is 2.96. The second-order valence-electron chi connectivity index (χ2n) is 5.53. The molecule has 1 saturated carbocycles. The van der Waals surface area contributed by atoms with E-state index in [1.807, 2.05) is 13.1 Å². The van der Waals surface area contributed by atoms with Crippen LogP contribution in [0, 0.1) is 12.8 Å². The minimum absolute atomic E-state index is 0.727. The SMILES string of the molecule is CCNCc1cnc(C)nc1N1CC2CCC1C2. The normalized spacial score (nSPS) is 26.0. The molecule has 2 unspecified atom stereocenters. The Morgan fingerprint density at radius 3 is 3.00 bits per heavy atom. The molecule has 2 bridgehead atoms. The number of hydrogen-bond acceptors (Lipinski definition) is 4. The fourth-order valence-electron chi connectivity index (χ4n) is 3.30. The number of anilines is 1. The van der Waals surface area contributed by atoms with Crippen LogP contribution in [0.2, 0.25) is 0 Å². The average molecular weight is 246 g/mol. The molecule has 2 aliphatic rings. The van der Waals surface area contributed by atoms with E-state index in [1.165, 1.54) is 37.2 Å². The predicted molar refractivity (Wildman–Crippen MR) is 72.6 cm³/mol. The van der Waals surface area contributed by atoms with Crippen LogP contribution in [-0.4, -0.2) is 29.1 Å². The zero-order chi connectivity index (χ0) is 12.5. The van der Waals surface area contributed by atoms with Crippen molar-refractivity contribution in [3.63, 3.8) is 0 Å². The average Bonchev–Trinajstić information content (AvgIpc) is 2.99. The molecule has 1 aliphatic heterocycles. The minimum atomic E-state index is 0.727. The zero-order valence-corrected chi connectivity index (χ0v) is 11.3. The molecule has 18 heavy (non-hydrogen) atoms. The first-order valence-corrected chi connectivity index (χ1v) is 7.07. The summed E-state index contributed by atoms with van der Waals surface area (Å²) >= 11 is 0. The number of nitrogens with zero attached hydrogens (tertiary/aromatic N) is 3. The van der Waals surface area contributed by atoms with E-state index >= 15 is 0 Å². The predicted octanol–water partition coefficient (Wildman–Crippen LogP) is 1.88. The molecule has 0 amide bonds. The third-order valence-corrected chi connectivity index (χ3v) is 4.21. The van der Waals surface area contributed by atoms with E-state index in [1.54, 1.807) is 0 Å². The number of fused-ring (bicyclic) bond motifs is 2. The molecule has 3 rings (SSSR count). The lowest BCUT2D eigenvalue weighted by atomic mass is 10.1. The van der Waals surface area contributed by atoms with Crippen LogP contribution in [0.25, 0.3) is 0 Å². The Morgan fingerprint density at radius 2 is 2.33 bits per heavy atom. The van der Waals surface area contributed by atoms with Gasteiger partial charge < -0.3 is 10.2 Å². The van der Waals surface area contributed by atoms with Crippen molar-refractivity contribution in [3.8, 4) is 0 Å². The lowest BCUT2D eigenvalue weighted by Crippen LogP contribution is -2.34. The summed E-state index contributed by atoms with van der Waals surface area (Å²) in [4.78, 5) is 11.6. The third-order valence-electron chi connectivity index (χ3n) is 4.21. The standard InChI is InChI=1S/C14H22N4/c1-3-15-7-12-8-16-10(2)17-14(12)18-9-11-4-5-13(18)6-11/h8,11,13,15H,3-7,9H2,1-2H3. The summed E-state index contributed by atoms with van der Waals surface area (Å²) in [5, 5.41) is 3.39. The number of hydrogen-bond donors (Lipinski definition) is 1. The highest BCUT2D eigenvalue weighted by Gasteiger charge is 2.39. The van der Waals surface area contributed by atoms with Crippen molar-refractivity contribution in [1.82, 2.24) is 15.3 Å². The summed E-state index contributed by atoms with van der Waals surface area (Å²) in [5.41, 5.74) is 1.25. The van der Waals surface area contributed by atoms with E-state index in [0.717, 1.165) is 30.9 Å². The number of aromatic nitrogens is 2. The third kappa shape index (κ3) is 2.09. The molecule has 1 saturated heterocycles.